The second-order valence-electron chi connectivity index (χ2n) is 3.96. The first-order chi connectivity index (χ1) is 9.26. The zero-order valence-corrected chi connectivity index (χ0v) is 11.1. The van der Waals surface area contributed by atoms with Gasteiger partial charge in [0.15, 0.2) is 0 Å². The number of nitrogens with one attached hydrogen (secondary N) is 1. The Morgan fingerprint density at radius 2 is 2.21 bits per heavy atom. The van der Waals surface area contributed by atoms with Crippen LogP contribution in [0, 0.1) is 0 Å². The van der Waals surface area contributed by atoms with E-state index in [0.717, 1.165) is 0 Å². The lowest BCUT2D eigenvalue weighted by atomic mass is 10.2. The number of aromatic nitrogens is 1. The van der Waals surface area contributed by atoms with E-state index in [-0.39, 0.29) is 12.5 Å². The Hall–Kier alpha value is -1.66. The van der Waals surface area contributed by atoms with Gasteiger partial charge in [-0.2, -0.15) is 0 Å². The summed E-state index contributed by atoms with van der Waals surface area (Å²) in [6.07, 6.45) is 3.25. The molecule has 1 heterocycles. The summed E-state index contributed by atoms with van der Waals surface area (Å²) in [5.41, 5.74) is 0.632. The van der Waals surface area contributed by atoms with E-state index in [1.54, 1.807) is 25.4 Å². The van der Waals surface area contributed by atoms with E-state index in [4.69, 9.17) is 14.6 Å². The van der Waals surface area contributed by atoms with Gasteiger partial charge in [0.1, 0.15) is 6.61 Å². The zero-order valence-electron chi connectivity index (χ0n) is 11.1. The van der Waals surface area contributed by atoms with E-state index in [0.29, 0.717) is 44.0 Å². The van der Waals surface area contributed by atoms with Crippen LogP contribution in [0.2, 0.25) is 0 Å². The molecule has 0 radical (unpaired) electrons. The highest BCUT2D eigenvalue weighted by Gasteiger charge is 2.03. The molecule has 19 heavy (non-hydrogen) atoms. The summed E-state index contributed by atoms with van der Waals surface area (Å²) in [5, 5.41) is 11.4. The van der Waals surface area contributed by atoms with Crippen molar-refractivity contribution in [2.75, 3.05) is 32.2 Å². The van der Waals surface area contributed by atoms with E-state index in [1.807, 2.05) is 0 Å². The molecule has 1 amide bonds. The van der Waals surface area contributed by atoms with Crippen LogP contribution >= 0.6 is 0 Å². The number of amides is 1. The van der Waals surface area contributed by atoms with Crippen LogP contribution in [0.1, 0.15) is 19.3 Å². The van der Waals surface area contributed by atoms with Crippen molar-refractivity contribution in [3.8, 4) is 5.88 Å². The van der Waals surface area contributed by atoms with Crippen molar-refractivity contribution in [2.45, 2.75) is 19.3 Å². The Morgan fingerprint density at radius 1 is 1.37 bits per heavy atom. The molecular formula is C13H20N2O4. The third kappa shape index (κ3) is 6.73. The van der Waals surface area contributed by atoms with Crippen LogP contribution in [-0.4, -0.2) is 42.9 Å². The predicted octanol–water partition coefficient (Wildman–Crippen LogP) is 1.21. The molecule has 0 aromatic carbocycles. The first-order valence-corrected chi connectivity index (χ1v) is 6.24. The number of pyridine rings is 1. The smallest absolute Gasteiger partial charge is 0.224 e. The number of methoxy groups -OCH3 is 1. The Kier molecular flexibility index (Phi) is 7.53. The standard InChI is InChI=1S/C13H20N2O4/c1-18-8-9-19-13-6-5-11(10-14-13)15-12(17)4-2-3-7-16/h5-6,10,16H,2-4,7-9H2,1H3,(H,15,17). The molecule has 0 aliphatic carbocycles. The van der Waals surface area contributed by atoms with Crippen molar-refractivity contribution in [3.63, 3.8) is 0 Å². The molecule has 0 aliphatic heterocycles. The van der Waals surface area contributed by atoms with Gasteiger partial charge in [0.05, 0.1) is 18.5 Å². The van der Waals surface area contributed by atoms with Gasteiger partial charge in [0.25, 0.3) is 0 Å². The summed E-state index contributed by atoms with van der Waals surface area (Å²) in [7, 11) is 1.60. The number of rotatable bonds is 9. The normalized spacial score (nSPS) is 10.2. The van der Waals surface area contributed by atoms with Crippen LogP contribution in [0.5, 0.6) is 5.88 Å². The fraction of sp³-hybridized carbons (Fsp3) is 0.538. The molecule has 0 saturated heterocycles. The van der Waals surface area contributed by atoms with Crippen LogP contribution in [0.3, 0.4) is 0 Å². The summed E-state index contributed by atoms with van der Waals surface area (Å²) in [6, 6.07) is 3.43. The predicted molar refractivity (Wildman–Crippen MR) is 71.2 cm³/mol. The average Bonchev–Trinajstić information content (AvgIpc) is 2.41. The van der Waals surface area contributed by atoms with Crippen molar-refractivity contribution in [3.05, 3.63) is 18.3 Å². The Morgan fingerprint density at radius 3 is 2.84 bits per heavy atom. The number of anilines is 1. The largest absolute Gasteiger partial charge is 0.475 e. The summed E-state index contributed by atoms with van der Waals surface area (Å²) in [6.45, 7) is 1.06. The molecule has 0 saturated carbocycles. The molecule has 1 aromatic rings. The van der Waals surface area contributed by atoms with Gasteiger partial charge in [0, 0.05) is 26.2 Å². The number of unbranched alkanes of at least 4 members (excludes halogenated alkanes) is 1. The molecule has 1 rings (SSSR count). The van der Waals surface area contributed by atoms with Gasteiger partial charge in [-0.3, -0.25) is 4.79 Å². The number of aliphatic hydroxyl groups excluding tert-OH is 1. The molecule has 106 valence electrons. The van der Waals surface area contributed by atoms with Crippen molar-refractivity contribution in [1.29, 1.82) is 0 Å². The zero-order chi connectivity index (χ0) is 13.9. The molecule has 0 spiro atoms. The molecule has 6 heteroatoms. The SMILES string of the molecule is COCCOc1ccc(NC(=O)CCCCO)cn1. The highest BCUT2D eigenvalue weighted by atomic mass is 16.5. The van der Waals surface area contributed by atoms with Crippen molar-refractivity contribution < 1.29 is 19.4 Å². The third-order valence-electron chi connectivity index (χ3n) is 2.37. The maximum atomic E-state index is 11.5. The summed E-state index contributed by atoms with van der Waals surface area (Å²) in [5.74, 6) is 0.415. The van der Waals surface area contributed by atoms with Gasteiger partial charge >= 0.3 is 0 Å². The van der Waals surface area contributed by atoms with Gasteiger partial charge in [-0.1, -0.05) is 0 Å². The van der Waals surface area contributed by atoms with Crippen molar-refractivity contribution >= 4 is 11.6 Å². The van der Waals surface area contributed by atoms with E-state index < -0.39 is 0 Å². The minimum atomic E-state index is -0.0803. The maximum absolute atomic E-state index is 11.5. The second-order valence-corrected chi connectivity index (χ2v) is 3.96. The van der Waals surface area contributed by atoms with Crippen molar-refractivity contribution in [2.24, 2.45) is 0 Å². The minimum absolute atomic E-state index is 0.0803. The summed E-state index contributed by atoms with van der Waals surface area (Å²) < 4.78 is 10.2. The molecular weight excluding hydrogens is 248 g/mol. The number of aliphatic hydroxyl groups is 1. The Labute approximate surface area is 112 Å². The van der Waals surface area contributed by atoms with Crippen LogP contribution in [-0.2, 0) is 9.53 Å². The second kappa shape index (κ2) is 9.29. The molecule has 0 atom stereocenters. The van der Waals surface area contributed by atoms with Gasteiger partial charge in [-0.15, -0.1) is 0 Å². The van der Waals surface area contributed by atoms with Crippen LogP contribution in [0.25, 0.3) is 0 Å². The van der Waals surface area contributed by atoms with E-state index >= 15 is 0 Å². The molecule has 0 aliphatic rings. The molecule has 0 fully saturated rings. The lowest BCUT2D eigenvalue weighted by Crippen LogP contribution is -2.11. The maximum Gasteiger partial charge on any atom is 0.224 e. The highest BCUT2D eigenvalue weighted by molar-refractivity contribution is 5.90. The first kappa shape index (κ1) is 15.4. The van der Waals surface area contributed by atoms with E-state index in [2.05, 4.69) is 10.3 Å². The van der Waals surface area contributed by atoms with Crippen LogP contribution in [0.15, 0.2) is 18.3 Å². The summed E-state index contributed by atoms with van der Waals surface area (Å²) >= 11 is 0. The lowest BCUT2D eigenvalue weighted by Gasteiger charge is -2.07. The molecule has 1 aromatic heterocycles. The summed E-state index contributed by atoms with van der Waals surface area (Å²) in [4.78, 5) is 15.6. The Balaban J connectivity index is 2.32. The third-order valence-corrected chi connectivity index (χ3v) is 2.37. The van der Waals surface area contributed by atoms with Gasteiger partial charge in [-0.25, -0.2) is 4.98 Å². The molecule has 6 nitrogen and oxygen atoms in total. The van der Waals surface area contributed by atoms with E-state index in [9.17, 15) is 4.79 Å². The van der Waals surface area contributed by atoms with Gasteiger partial charge in [-0.05, 0) is 18.9 Å². The van der Waals surface area contributed by atoms with Crippen molar-refractivity contribution in [1.82, 2.24) is 4.98 Å². The van der Waals surface area contributed by atoms with Crippen LogP contribution < -0.4 is 10.1 Å². The number of nitrogens with zero attached hydrogens (tertiary/aromatic N) is 1. The number of ether oxygens (including phenoxy) is 2. The number of carbonyl (C=O) groups excluding carboxylic acids is 1. The number of hydrogen-bond donors (Lipinski definition) is 2. The van der Waals surface area contributed by atoms with E-state index in [1.165, 1.54) is 0 Å². The fourth-order valence-corrected chi connectivity index (χ4v) is 1.39. The van der Waals surface area contributed by atoms with Gasteiger partial charge in [0.2, 0.25) is 11.8 Å². The first-order valence-electron chi connectivity index (χ1n) is 6.24. The number of carbonyl (C=O) groups is 1. The fourth-order valence-electron chi connectivity index (χ4n) is 1.39. The minimum Gasteiger partial charge on any atom is -0.475 e. The lowest BCUT2D eigenvalue weighted by molar-refractivity contribution is -0.116. The molecule has 0 unspecified atom stereocenters. The van der Waals surface area contributed by atoms with Gasteiger partial charge < -0.3 is 19.9 Å². The Bertz CT molecular complexity index is 367. The highest BCUT2D eigenvalue weighted by Crippen LogP contribution is 2.12. The topological polar surface area (TPSA) is 80.7 Å². The molecule has 2 N–H and O–H groups in total. The quantitative estimate of drug-likeness (QED) is 0.658. The molecule has 0 bridgehead atoms. The van der Waals surface area contributed by atoms with Crippen LogP contribution in [0.4, 0.5) is 5.69 Å². The number of hydrogen-bond acceptors (Lipinski definition) is 5. The monoisotopic (exact) mass is 268 g/mol. The average molecular weight is 268 g/mol.